The zero-order valence-corrected chi connectivity index (χ0v) is 6.57. The highest BCUT2D eigenvalue weighted by molar-refractivity contribution is 6.31. The van der Waals surface area contributed by atoms with Gasteiger partial charge in [0.15, 0.2) is 0 Å². The van der Waals surface area contributed by atoms with Gasteiger partial charge in [-0.25, -0.2) is 8.78 Å². The summed E-state index contributed by atoms with van der Waals surface area (Å²) in [6, 6.07) is 0. The molecule has 0 unspecified atom stereocenters. The molecule has 0 radical (unpaired) electrons. The third-order valence-corrected chi connectivity index (χ3v) is 1.66. The second kappa shape index (κ2) is 3.13. The summed E-state index contributed by atoms with van der Waals surface area (Å²) >= 11 is 5.48. The summed E-state index contributed by atoms with van der Waals surface area (Å²) in [5.41, 5.74) is 0.300. The fraction of sp³-hybridized carbons (Fsp3) is 0.286. The number of rotatable bonds is 1. The van der Waals surface area contributed by atoms with Crippen LogP contribution in [0.5, 0.6) is 0 Å². The molecular formula is C7H6ClF2N. The predicted octanol–water partition coefficient (Wildman–Crippen LogP) is 2.98. The predicted molar refractivity (Wildman–Crippen MR) is 38.9 cm³/mol. The number of nitrogens with zero attached hydrogens (tertiary/aromatic N) is 1. The standard InChI is InChI=1S/C7H6ClF2N/c1-4-2-11-3-5(8)6(4)7(9)10/h2-3,7H,1H3. The first kappa shape index (κ1) is 8.40. The highest BCUT2D eigenvalue weighted by Crippen LogP contribution is 2.28. The highest BCUT2D eigenvalue weighted by Gasteiger charge is 2.14. The first-order chi connectivity index (χ1) is 5.13. The minimum atomic E-state index is -2.52. The average Bonchev–Trinajstić information content (AvgIpc) is 1.85. The minimum absolute atomic E-state index is 0.0278. The fourth-order valence-corrected chi connectivity index (χ4v) is 1.11. The minimum Gasteiger partial charge on any atom is -0.263 e. The lowest BCUT2D eigenvalue weighted by molar-refractivity contribution is 0.150. The zero-order chi connectivity index (χ0) is 8.43. The molecule has 0 amide bonds. The van der Waals surface area contributed by atoms with Gasteiger partial charge < -0.3 is 0 Å². The Morgan fingerprint density at radius 1 is 1.45 bits per heavy atom. The lowest BCUT2D eigenvalue weighted by atomic mass is 10.2. The van der Waals surface area contributed by atoms with E-state index < -0.39 is 6.43 Å². The van der Waals surface area contributed by atoms with E-state index in [2.05, 4.69) is 4.98 Å². The van der Waals surface area contributed by atoms with Crippen molar-refractivity contribution in [1.29, 1.82) is 0 Å². The van der Waals surface area contributed by atoms with Gasteiger partial charge in [0.25, 0.3) is 6.43 Å². The Kier molecular flexibility index (Phi) is 2.39. The summed E-state index contributed by atoms with van der Waals surface area (Å²) < 4.78 is 24.4. The molecule has 1 rings (SSSR count). The van der Waals surface area contributed by atoms with Crippen molar-refractivity contribution in [2.45, 2.75) is 13.3 Å². The molecule has 0 saturated heterocycles. The van der Waals surface area contributed by atoms with E-state index in [1.165, 1.54) is 12.4 Å². The fourth-order valence-electron chi connectivity index (χ4n) is 0.818. The lowest BCUT2D eigenvalue weighted by Crippen LogP contribution is -1.91. The molecule has 0 aromatic carbocycles. The number of hydrogen-bond donors (Lipinski definition) is 0. The van der Waals surface area contributed by atoms with Crippen LogP contribution in [0.15, 0.2) is 12.4 Å². The SMILES string of the molecule is Cc1cncc(Cl)c1C(F)F. The van der Waals surface area contributed by atoms with E-state index in [1.807, 2.05) is 0 Å². The van der Waals surface area contributed by atoms with Crippen molar-refractivity contribution in [2.24, 2.45) is 0 Å². The molecule has 0 aliphatic rings. The number of aromatic nitrogens is 1. The van der Waals surface area contributed by atoms with Crippen molar-refractivity contribution >= 4 is 11.6 Å². The van der Waals surface area contributed by atoms with Gasteiger partial charge in [-0.1, -0.05) is 11.6 Å². The number of alkyl halides is 2. The number of halogens is 3. The summed E-state index contributed by atoms with van der Waals surface area (Å²) in [7, 11) is 0. The molecule has 0 bridgehead atoms. The van der Waals surface area contributed by atoms with Gasteiger partial charge in [-0.15, -0.1) is 0 Å². The molecule has 0 atom stereocenters. The van der Waals surface area contributed by atoms with Gasteiger partial charge in [0.1, 0.15) is 0 Å². The van der Waals surface area contributed by atoms with Crippen LogP contribution >= 0.6 is 11.6 Å². The smallest absolute Gasteiger partial charge is 0.263 e. The Balaban J connectivity index is 3.21. The van der Waals surface area contributed by atoms with Crippen LogP contribution in [0.1, 0.15) is 17.6 Å². The van der Waals surface area contributed by atoms with E-state index >= 15 is 0 Å². The van der Waals surface area contributed by atoms with E-state index in [0.29, 0.717) is 5.56 Å². The molecule has 60 valence electrons. The molecule has 0 aliphatic heterocycles. The summed E-state index contributed by atoms with van der Waals surface area (Å²) in [5, 5.41) is 0.0278. The Bertz CT molecular complexity index is 242. The van der Waals surface area contributed by atoms with Crippen molar-refractivity contribution in [3.8, 4) is 0 Å². The van der Waals surface area contributed by atoms with Crippen molar-refractivity contribution in [3.63, 3.8) is 0 Å². The van der Waals surface area contributed by atoms with Gasteiger partial charge in [-0.05, 0) is 12.5 Å². The van der Waals surface area contributed by atoms with Crippen LogP contribution in [-0.2, 0) is 0 Å². The molecule has 0 N–H and O–H groups in total. The Labute approximate surface area is 68.0 Å². The van der Waals surface area contributed by atoms with E-state index in [1.54, 1.807) is 6.92 Å². The molecule has 0 saturated carbocycles. The molecule has 1 aromatic rings. The maximum atomic E-state index is 12.2. The normalized spacial score (nSPS) is 10.6. The average molecular weight is 178 g/mol. The van der Waals surface area contributed by atoms with Crippen LogP contribution in [0.25, 0.3) is 0 Å². The molecule has 0 spiro atoms. The summed E-state index contributed by atoms with van der Waals surface area (Å²) in [6.45, 7) is 1.56. The summed E-state index contributed by atoms with van der Waals surface area (Å²) in [4.78, 5) is 3.66. The Morgan fingerprint density at radius 3 is 2.45 bits per heavy atom. The Morgan fingerprint density at radius 2 is 2.09 bits per heavy atom. The van der Waals surface area contributed by atoms with Gasteiger partial charge in [0.2, 0.25) is 0 Å². The van der Waals surface area contributed by atoms with Crippen molar-refractivity contribution in [1.82, 2.24) is 4.98 Å². The van der Waals surface area contributed by atoms with E-state index in [9.17, 15) is 8.78 Å². The van der Waals surface area contributed by atoms with Crippen LogP contribution in [0.4, 0.5) is 8.78 Å². The first-order valence-corrected chi connectivity index (χ1v) is 3.39. The van der Waals surface area contributed by atoms with E-state index in [-0.39, 0.29) is 10.6 Å². The second-order valence-corrected chi connectivity index (χ2v) is 2.56. The second-order valence-electron chi connectivity index (χ2n) is 2.15. The molecule has 1 nitrogen and oxygen atoms in total. The van der Waals surface area contributed by atoms with Crippen LogP contribution in [0, 0.1) is 6.92 Å². The largest absolute Gasteiger partial charge is 0.265 e. The maximum absolute atomic E-state index is 12.2. The summed E-state index contributed by atoms with van der Waals surface area (Å²) in [6.07, 6.45) is 0.0640. The van der Waals surface area contributed by atoms with Crippen molar-refractivity contribution in [2.75, 3.05) is 0 Å². The van der Waals surface area contributed by atoms with Gasteiger partial charge in [0, 0.05) is 18.0 Å². The highest BCUT2D eigenvalue weighted by atomic mass is 35.5. The third-order valence-electron chi connectivity index (χ3n) is 1.36. The van der Waals surface area contributed by atoms with Crippen molar-refractivity contribution in [3.05, 3.63) is 28.5 Å². The molecule has 0 aliphatic carbocycles. The number of hydrogen-bond acceptors (Lipinski definition) is 1. The van der Waals surface area contributed by atoms with Crippen LogP contribution in [0.2, 0.25) is 5.02 Å². The topological polar surface area (TPSA) is 12.9 Å². The molecule has 0 fully saturated rings. The lowest BCUT2D eigenvalue weighted by Gasteiger charge is -2.04. The maximum Gasteiger partial charge on any atom is 0.265 e. The monoisotopic (exact) mass is 177 g/mol. The van der Waals surface area contributed by atoms with Crippen LogP contribution in [-0.4, -0.2) is 4.98 Å². The first-order valence-electron chi connectivity index (χ1n) is 3.01. The quantitative estimate of drug-likeness (QED) is 0.643. The van der Waals surface area contributed by atoms with Gasteiger partial charge >= 0.3 is 0 Å². The number of pyridine rings is 1. The Hall–Kier alpha value is -0.700. The van der Waals surface area contributed by atoms with E-state index in [4.69, 9.17) is 11.6 Å². The zero-order valence-electron chi connectivity index (χ0n) is 5.81. The molecule has 4 heteroatoms. The third kappa shape index (κ3) is 1.66. The molecular weight excluding hydrogens is 172 g/mol. The molecule has 1 aromatic heterocycles. The van der Waals surface area contributed by atoms with Gasteiger partial charge in [-0.3, -0.25) is 4.98 Å². The van der Waals surface area contributed by atoms with Gasteiger partial charge in [0.05, 0.1) is 5.02 Å². The van der Waals surface area contributed by atoms with Gasteiger partial charge in [-0.2, -0.15) is 0 Å². The van der Waals surface area contributed by atoms with E-state index in [0.717, 1.165) is 0 Å². The van der Waals surface area contributed by atoms with Crippen LogP contribution < -0.4 is 0 Å². The van der Waals surface area contributed by atoms with Crippen LogP contribution in [0.3, 0.4) is 0 Å². The summed E-state index contributed by atoms with van der Waals surface area (Å²) in [5.74, 6) is 0. The molecule has 1 heterocycles. The number of aryl methyl sites for hydroxylation is 1. The van der Waals surface area contributed by atoms with Crippen molar-refractivity contribution < 1.29 is 8.78 Å². The molecule has 11 heavy (non-hydrogen) atoms.